The highest BCUT2D eigenvalue weighted by Gasteiger charge is 2.42. The fourth-order valence-corrected chi connectivity index (χ4v) is 6.49. The normalized spacial score (nSPS) is 24.2. The van der Waals surface area contributed by atoms with Crippen LogP contribution in [0, 0.1) is 18.2 Å². The minimum atomic E-state index is -3.16. The lowest BCUT2D eigenvalue weighted by molar-refractivity contribution is 0.0718. The van der Waals surface area contributed by atoms with Crippen LogP contribution in [0.4, 0.5) is 5.69 Å². The van der Waals surface area contributed by atoms with E-state index in [1.807, 2.05) is 11.8 Å². The molecule has 9 heteroatoms. The molecule has 0 bridgehead atoms. The third-order valence-electron chi connectivity index (χ3n) is 7.32. The summed E-state index contributed by atoms with van der Waals surface area (Å²) in [6.45, 7) is 5.36. The SMILES string of the molecule is CCN(CC1CCC(N2CN(C3CC3)C(=O)c3cnc4[nH]c#cc4c32)CC1)S(=O)(=O)CC. The fourth-order valence-electron chi connectivity index (χ4n) is 5.29. The zero-order valence-corrected chi connectivity index (χ0v) is 19.6. The lowest BCUT2D eigenvalue weighted by Gasteiger charge is -2.45. The van der Waals surface area contributed by atoms with E-state index in [9.17, 15) is 13.2 Å². The smallest absolute Gasteiger partial charge is 0.259 e. The Morgan fingerprint density at radius 2 is 1.81 bits per heavy atom. The molecule has 2 saturated carbocycles. The fraction of sp³-hybridized carbons (Fsp3) is 0.652. The number of H-pyrrole nitrogens is 1. The van der Waals surface area contributed by atoms with Crippen molar-refractivity contribution in [1.82, 2.24) is 19.2 Å². The number of hydrogen-bond donors (Lipinski definition) is 1. The van der Waals surface area contributed by atoms with Gasteiger partial charge in [-0.2, -0.15) is 0 Å². The van der Waals surface area contributed by atoms with E-state index in [1.165, 1.54) is 0 Å². The number of nitrogens with zero attached hydrogens (tertiary/aromatic N) is 4. The van der Waals surface area contributed by atoms with Gasteiger partial charge in [0.25, 0.3) is 5.91 Å². The van der Waals surface area contributed by atoms with Crippen LogP contribution in [0.3, 0.4) is 0 Å². The number of anilines is 1. The van der Waals surface area contributed by atoms with Gasteiger partial charge in [0.1, 0.15) is 0 Å². The van der Waals surface area contributed by atoms with Crippen LogP contribution in [0.5, 0.6) is 0 Å². The molecule has 0 spiro atoms. The Balaban J connectivity index is 1.37. The molecule has 3 aliphatic rings. The maximum absolute atomic E-state index is 13.2. The number of hydrogen-bond acceptors (Lipinski definition) is 5. The molecule has 2 aliphatic carbocycles. The van der Waals surface area contributed by atoms with E-state index in [0.29, 0.717) is 49.0 Å². The molecule has 0 unspecified atom stereocenters. The van der Waals surface area contributed by atoms with Crippen LogP contribution in [0.1, 0.15) is 62.7 Å². The van der Waals surface area contributed by atoms with Crippen LogP contribution in [0.25, 0.3) is 11.0 Å². The number of aromatic nitrogens is 2. The van der Waals surface area contributed by atoms with Gasteiger partial charge < -0.3 is 9.80 Å². The van der Waals surface area contributed by atoms with E-state index in [1.54, 1.807) is 17.4 Å². The lowest BCUT2D eigenvalue weighted by Crippen LogP contribution is -2.52. The topological polar surface area (TPSA) is 89.6 Å². The summed E-state index contributed by atoms with van der Waals surface area (Å²) in [5.41, 5.74) is 2.30. The largest absolute Gasteiger partial charge is 0.349 e. The van der Waals surface area contributed by atoms with Crippen molar-refractivity contribution in [2.24, 2.45) is 5.92 Å². The predicted octanol–water partition coefficient (Wildman–Crippen LogP) is 2.78. The number of sulfonamides is 1. The van der Waals surface area contributed by atoms with Gasteiger partial charge in [0.15, 0.2) is 5.65 Å². The standard InChI is InChI=1S/C23H31N5O3S/c1-3-26(32(30,31)4-2)14-16-5-7-17(8-6-16)27-15-28(18-9-10-18)23(29)20-13-25-22-19(21(20)27)11-12-24-22/h13,16-18H,3-10,14-15H2,1-2H3,(H,24,25). The highest BCUT2D eigenvalue weighted by molar-refractivity contribution is 7.89. The Bertz CT molecular complexity index is 1100. The quantitative estimate of drug-likeness (QED) is 0.691. The summed E-state index contributed by atoms with van der Waals surface area (Å²) in [5, 5.41) is 0.833. The van der Waals surface area contributed by atoms with Gasteiger partial charge in [-0.1, -0.05) is 6.92 Å². The molecule has 2 aromatic heterocycles. The third kappa shape index (κ3) is 3.73. The summed E-state index contributed by atoms with van der Waals surface area (Å²) in [5.74, 6) is 0.599. The van der Waals surface area contributed by atoms with Crippen molar-refractivity contribution in [2.75, 3.05) is 30.4 Å². The van der Waals surface area contributed by atoms with E-state index >= 15 is 0 Å². The molecular formula is C23H31N5O3S. The molecular weight excluding hydrogens is 426 g/mol. The van der Waals surface area contributed by atoms with E-state index < -0.39 is 10.0 Å². The zero-order valence-electron chi connectivity index (χ0n) is 18.8. The van der Waals surface area contributed by atoms with Crippen molar-refractivity contribution < 1.29 is 13.2 Å². The number of amides is 1. The second-order valence-corrected chi connectivity index (χ2v) is 11.5. The molecule has 1 N–H and O–H groups in total. The van der Waals surface area contributed by atoms with Gasteiger partial charge in [0.2, 0.25) is 10.0 Å². The van der Waals surface area contributed by atoms with Crippen molar-refractivity contribution in [1.29, 1.82) is 0 Å². The Hall–Kier alpha value is -2.31. The second kappa shape index (κ2) is 8.23. The molecule has 5 rings (SSSR count). The van der Waals surface area contributed by atoms with Gasteiger partial charge in [-0.15, -0.1) is 0 Å². The number of carbonyl (C=O) groups excluding carboxylic acids is 1. The van der Waals surface area contributed by atoms with Crippen molar-refractivity contribution in [2.45, 2.75) is 64.5 Å². The number of carbonyl (C=O) groups is 1. The first-order chi connectivity index (χ1) is 15.4. The Kier molecular flexibility index (Phi) is 5.54. The van der Waals surface area contributed by atoms with Gasteiger partial charge in [-0.05, 0) is 57.4 Å². The number of aromatic amines is 1. The van der Waals surface area contributed by atoms with Crippen LogP contribution in [0.15, 0.2) is 6.20 Å². The van der Waals surface area contributed by atoms with Crippen LogP contribution >= 0.6 is 0 Å². The molecule has 3 heterocycles. The predicted molar refractivity (Wildman–Crippen MR) is 123 cm³/mol. The third-order valence-corrected chi connectivity index (χ3v) is 9.24. The minimum absolute atomic E-state index is 0.0693. The van der Waals surface area contributed by atoms with Gasteiger partial charge in [0.05, 0.1) is 29.1 Å². The van der Waals surface area contributed by atoms with Crippen molar-refractivity contribution in [3.63, 3.8) is 0 Å². The zero-order chi connectivity index (χ0) is 22.5. The number of pyridine rings is 1. The van der Waals surface area contributed by atoms with Gasteiger partial charge in [-0.25, -0.2) is 17.7 Å². The minimum Gasteiger partial charge on any atom is -0.349 e. The monoisotopic (exact) mass is 457 g/mol. The van der Waals surface area contributed by atoms with Crippen molar-refractivity contribution in [3.8, 4) is 0 Å². The molecule has 0 saturated heterocycles. The van der Waals surface area contributed by atoms with Crippen LogP contribution in [-0.4, -0.2) is 71.1 Å². The van der Waals surface area contributed by atoms with Gasteiger partial charge >= 0.3 is 0 Å². The molecule has 172 valence electrons. The van der Waals surface area contributed by atoms with Crippen LogP contribution in [-0.2, 0) is 10.0 Å². The molecule has 1 amide bonds. The summed E-state index contributed by atoms with van der Waals surface area (Å²) in [6.07, 6.45) is 10.7. The molecule has 2 fully saturated rings. The number of nitrogens with one attached hydrogen (secondary N) is 1. The molecule has 0 aromatic carbocycles. The first-order valence-corrected chi connectivity index (χ1v) is 13.4. The molecule has 0 radical (unpaired) electrons. The highest BCUT2D eigenvalue weighted by atomic mass is 32.2. The summed E-state index contributed by atoms with van der Waals surface area (Å²) >= 11 is 0. The van der Waals surface area contributed by atoms with E-state index in [-0.39, 0.29) is 11.7 Å². The second-order valence-electron chi connectivity index (χ2n) is 9.26. The molecule has 8 nitrogen and oxygen atoms in total. The first-order valence-electron chi connectivity index (χ1n) is 11.8. The maximum atomic E-state index is 13.2. The van der Waals surface area contributed by atoms with E-state index in [0.717, 1.165) is 49.6 Å². The van der Waals surface area contributed by atoms with E-state index in [4.69, 9.17) is 0 Å². The first kappa shape index (κ1) is 21.5. The highest BCUT2D eigenvalue weighted by Crippen LogP contribution is 2.41. The summed E-state index contributed by atoms with van der Waals surface area (Å²) in [7, 11) is -3.16. The van der Waals surface area contributed by atoms with E-state index in [2.05, 4.69) is 27.1 Å². The van der Waals surface area contributed by atoms with Crippen LogP contribution in [0.2, 0.25) is 0 Å². The number of rotatable bonds is 7. The van der Waals surface area contributed by atoms with Crippen LogP contribution < -0.4 is 4.90 Å². The summed E-state index contributed by atoms with van der Waals surface area (Å²) < 4.78 is 26.3. The molecule has 32 heavy (non-hydrogen) atoms. The Labute approximate surface area is 190 Å². The van der Waals surface area contributed by atoms with Crippen molar-refractivity contribution >= 4 is 32.7 Å². The molecule has 1 aliphatic heterocycles. The Morgan fingerprint density at radius 3 is 2.47 bits per heavy atom. The maximum Gasteiger partial charge on any atom is 0.259 e. The molecule has 0 atom stereocenters. The van der Waals surface area contributed by atoms with Gasteiger partial charge in [-0.3, -0.25) is 9.78 Å². The van der Waals surface area contributed by atoms with Gasteiger partial charge in [0, 0.05) is 37.6 Å². The van der Waals surface area contributed by atoms with Crippen molar-refractivity contribution in [3.05, 3.63) is 24.0 Å². The lowest BCUT2D eigenvalue weighted by atomic mass is 9.84. The summed E-state index contributed by atoms with van der Waals surface area (Å²) in [4.78, 5) is 25.0. The summed E-state index contributed by atoms with van der Waals surface area (Å²) in [6, 6.07) is 3.78. The Morgan fingerprint density at radius 1 is 1.12 bits per heavy atom. The molecule has 2 aromatic rings. The average Bonchev–Trinajstić information content (AvgIpc) is 3.53. The average molecular weight is 458 g/mol. The number of fused-ring (bicyclic) bond motifs is 3.